The fourth-order valence-electron chi connectivity index (χ4n) is 1.84. The number of nitrogens with one attached hydrogen (secondary N) is 2. The third-order valence-corrected chi connectivity index (χ3v) is 4.77. The summed E-state index contributed by atoms with van der Waals surface area (Å²) in [6.45, 7) is 0.501. The van der Waals surface area contributed by atoms with Gasteiger partial charge in [0.2, 0.25) is 15.9 Å². The van der Waals surface area contributed by atoms with Gasteiger partial charge in [0, 0.05) is 18.0 Å². The van der Waals surface area contributed by atoms with Crippen molar-refractivity contribution in [3.05, 3.63) is 53.4 Å². The number of hydrogen-bond acceptors (Lipinski definition) is 4. The number of benzene rings is 1. The van der Waals surface area contributed by atoms with E-state index in [1.807, 2.05) is 0 Å². The Bertz CT molecular complexity index is 727. The van der Waals surface area contributed by atoms with Crippen molar-refractivity contribution in [2.24, 2.45) is 0 Å². The number of hydrogen-bond donors (Lipinski definition) is 2. The van der Waals surface area contributed by atoms with Crippen LogP contribution >= 0.6 is 11.6 Å². The van der Waals surface area contributed by atoms with Crippen LogP contribution in [-0.2, 0) is 21.4 Å². The molecule has 23 heavy (non-hydrogen) atoms. The van der Waals surface area contributed by atoms with Gasteiger partial charge in [-0.1, -0.05) is 11.6 Å². The summed E-state index contributed by atoms with van der Waals surface area (Å²) in [4.78, 5) is 11.8. The Kier molecular flexibility index (Phi) is 6.20. The number of carbonyl (C=O) groups excluding carboxylic acids is 1. The molecular weight excluding hydrogens is 340 g/mol. The predicted molar refractivity (Wildman–Crippen MR) is 86.4 cm³/mol. The first kappa shape index (κ1) is 17.5. The maximum Gasteiger partial charge on any atom is 0.240 e. The van der Waals surface area contributed by atoms with Gasteiger partial charge in [-0.2, -0.15) is 0 Å². The molecule has 0 aliphatic carbocycles. The summed E-state index contributed by atoms with van der Waals surface area (Å²) in [5, 5.41) is 3.17. The first-order valence-electron chi connectivity index (χ1n) is 7.02. The van der Waals surface area contributed by atoms with Crippen LogP contribution in [0.4, 0.5) is 0 Å². The monoisotopic (exact) mass is 356 g/mol. The summed E-state index contributed by atoms with van der Waals surface area (Å²) in [5.41, 5.74) is 0. The molecule has 0 bridgehead atoms. The van der Waals surface area contributed by atoms with Gasteiger partial charge in [-0.25, -0.2) is 13.1 Å². The Morgan fingerprint density at radius 3 is 2.57 bits per heavy atom. The van der Waals surface area contributed by atoms with Crippen molar-refractivity contribution < 1.29 is 17.6 Å². The Labute approximate surface area is 139 Å². The molecule has 0 aliphatic heterocycles. The van der Waals surface area contributed by atoms with Gasteiger partial charge < -0.3 is 9.73 Å². The summed E-state index contributed by atoms with van der Waals surface area (Å²) < 4.78 is 31.6. The van der Waals surface area contributed by atoms with Crippen LogP contribution in [0, 0.1) is 0 Å². The van der Waals surface area contributed by atoms with Gasteiger partial charge in [-0.05, 0) is 42.8 Å². The maximum atomic E-state index is 12.0. The summed E-state index contributed by atoms with van der Waals surface area (Å²) in [7, 11) is -3.58. The quantitative estimate of drug-likeness (QED) is 0.710. The van der Waals surface area contributed by atoms with E-state index in [-0.39, 0.29) is 23.8 Å². The van der Waals surface area contributed by atoms with Crippen LogP contribution in [0.15, 0.2) is 52.0 Å². The van der Waals surface area contributed by atoms with Crippen LogP contribution in [0.3, 0.4) is 0 Å². The van der Waals surface area contributed by atoms with Crippen LogP contribution in [0.1, 0.15) is 18.6 Å². The van der Waals surface area contributed by atoms with Crippen molar-refractivity contribution in [2.45, 2.75) is 24.3 Å². The highest BCUT2D eigenvalue weighted by atomic mass is 35.5. The van der Waals surface area contributed by atoms with Crippen LogP contribution in [0.2, 0.25) is 5.02 Å². The van der Waals surface area contributed by atoms with Crippen molar-refractivity contribution in [2.75, 3.05) is 6.54 Å². The Morgan fingerprint density at radius 2 is 1.91 bits per heavy atom. The number of rotatable bonds is 8. The van der Waals surface area contributed by atoms with E-state index in [1.165, 1.54) is 30.5 Å². The first-order valence-corrected chi connectivity index (χ1v) is 8.88. The van der Waals surface area contributed by atoms with E-state index in [2.05, 4.69) is 10.0 Å². The Balaban J connectivity index is 1.70. The molecule has 0 radical (unpaired) electrons. The van der Waals surface area contributed by atoms with Gasteiger partial charge in [0.15, 0.2) is 0 Å². The minimum atomic E-state index is -3.58. The molecule has 1 aromatic carbocycles. The van der Waals surface area contributed by atoms with Crippen molar-refractivity contribution >= 4 is 27.5 Å². The number of halogens is 1. The third kappa shape index (κ3) is 5.70. The van der Waals surface area contributed by atoms with E-state index in [0.29, 0.717) is 23.7 Å². The predicted octanol–water partition coefficient (Wildman–Crippen LogP) is 2.31. The number of amides is 1. The number of carbonyl (C=O) groups is 1. The minimum Gasteiger partial charge on any atom is -0.467 e. The van der Waals surface area contributed by atoms with E-state index in [4.69, 9.17) is 16.0 Å². The fourth-order valence-corrected chi connectivity index (χ4v) is 3.04. The smallest absolute Gasteiger partial charge is 0.240 e. The zero-order valence-electron chi connectivity index (χ0n) is 12.3. The van der Waals surface area contributed by atoms with E-state index < -0.39 is 10.0 Å². The molecule has 1 aromatic heterocycles. The van der Waals surface area contributed by atoms with E-state index >= 15 is 0 Å². The molecule has 0 unspecified atom stereocenters. The first-order chi connectivity index (χ1) is 11.0. The second-order valence-corrected chi connectivity index (χ2v) is 7.01. The highest BCUT2D eigenvalue weighted by Crippen LogP contribution is 2.13. The van der Waals surface area contributed by atoms with E-state index in [9.17, 15) is 13.2 Å². The molecule has 8 heteroatoms. The molecule has 0 saturated carbocycles. The molecule has 2 aromatic rings. The molecular formula is C15H17ClN2O4S. The van der Waals surface area contributed by atoms with Crippen molar-refractivity contribution in [1.82, 2.24) is 10.0 Å². The van der Waals surface area contributed by atoms with Gasteiger partial charge in [0.25, 0.3) is 0 Å². The zero-order chi connectivity index (χ0) is 16.7. The maximum absolute atomic E-state index is 12.0. The number of sulfonamides is 1. The topological polar surface area (TPSA) is 88.4 Å². The Morgan fingerprint density at radius 1 is 1.17 bits per heavy atom. The normalized spacial score (nSPS) is 11.3. The van der Waals surface area contributed by atoms with Gasteiger partial charge in [0.1, 0.15) is 5.76 Å². The molecule has 2 N–H and O–H groups in total. The standard InChI is InChI=1S/C15H17ClN2O4S/c16-12-5-7-14(8-6-12)23(20,21)18-9-1-4-15(19)17-11-13-3-2-10-22-13/h2-3,5-8,10,18H,1,4,9,11H2,(H,17,19). The zero-order valence-corrected chi connectivity index (χ0v) is 13.9. The lowest BCUT2D eigenvalue weighted by atomic mass is 10.3. The molecule has 2 rings (SSSR count). The lowest BCUT2D eigenvalue weighted by Crippen LogP contribution is -2.27. The van der Waals surface area contributed by atoms with Crippen LogP contribution in [0.5, 0.6) is 0 Å². The van der Waals surface area contributed by atoms with Gasteiger partial charge in [-0.15, -0.1) is 0 Å². The third-order valence-electron chi connectivity index (χ3n) is 3.04. The highest BCUT2D eigenvalue weighted by molar-refractivity contribution is 7.89. The van der Waals surface area contributed by atoms with Crippen LogP contribution in [-0.4, -0.2) is 20.9 Å². The second-order valence-electron chi connectivity index (χ2n) is 4.81. The Hall–Kier alpha value is -1.83. The molecule has 1 amide bonds. The SMILES string of the molecule is O=C(CCCNS(=O)(=O)c1ccc(Cl)cc1)NCc1ccco1. The molecule has 6 nitrogen and oxygen atoms in total. The summed E-state index contributed by atoms with van der Waals surface area (Å²) in [5.74, 6) is 0.508. The molecule has 0 fully saturated rings. The summed E-state index contributed by atoms with van der Waals surface area (Å²) >= 11 is 5.72. The van der Waals surface area contributed by atoms with Crippen molar-refractivity contribution in [3.8, 4) is 0 Å². The summed E-state index contributed by atoms with van der Waals surface area (Å²) in [6, 6.07) is 9.39. The van der Waals surface area contributed by atoms with Gasteiger partial charge in [0.05, 0.1) is 17.7 Å². The van der Waals surface area contributed by atoms with Crippen LogP contribution < -0.4 is 10.0 Å². The molecule has 0 atom stereocenters. The van der Waals surface area contributed by atoms with E-state index in [0.717, 1.165) is 0 Å². The average molecular weight is 357 g/mol. The molecule has 0 saturated heterocycles. The van der Waals surface area contributed by atoms with Gasteiger partial charge in [-0.3, -0.25) is 4.79 Å². The summed E-state index contributed by atoms with van der Waals surface area (Å²) in [6.07, 6.45) is 2.16. The molecule has 1 heterocycles. The lowest BCUT2D eigenvalue weighted by Gasteiger charge is -2.07. The second kappa shape index (κ2) is 8.14. The number of furan rings is 1. The van der Waals surface area contributed by atoms with E-state index in [1.54, 1.807) is 12.1 Å². The average Bonchev–Trinajstić information content (AvgIpc) is 3.03. The molecule has 124 valence electrons. The lowest BCUT2D eigenvalue weighted by molar-refractivity contribution is -0.121. The fraction of sp³-hybridized carbons (Fsp3) is 0.267. The largest absolute Gasteiger partial charge is 0.467 e. The minimum absolute atomic E-state index is 0.143. The van der Waals surface area contributed by atoms with Crippen LogP contribution in [0.25, 0.3) is 0 Å². The molecule has 0 aliphatic rings. The highest BCUT2D eigenvalue weighted by Gasteiger charge is 2.13. The van der Waals surface area contributed by atoms with Gasteiger partial charge >= 0.3 is 0 Å². The van der Waals surface area contributed by atoms with Crippen molar-refractivity contribution in [3.63, 3.8) is 0 Å². The van der Waals surface area contributed by atoms with Crippen molar-refractivity contribution in [1.29, 1.82) is 0 Å². The molecule has 0 spiro atoms.